The van der Waals surface area contributed by atoms with Crippen molar-refractivity contribution in [1.29, 1.82) is 0 Å². The van der Waals surface area contributed by atoms with Crippen LogP contribution >= 0.6 is 11.6 Å². The van der Waals surface area contributed by atoms with Gasteiger partial charge in [-0.1, -0.05) is 18.0 Å². The van der Waals surface area contributed by atoms with Crippen LogP contribution in [0.1, 0.15) is 49.8 Å². The van der Waals surface area contributed by atoms with Gasteiger partial charge in [0.1, 0.15) is 5.15 Å². The average Bonchev–Trinajstić information content (AvgIpc) is 3.02. The van der Waals surface area contributed by atoms with E-state index in [0.717, 1.165) is 35.1 Å². The molecule has 0 amide bonds. The third-order valence-corrected chi connectivity index (χ3v) is 6.69. The largest absolute Gasteiger partial charge is 0.313 e. The van der Waals surface area contributed by atoms with Gasteiger partial charge >= 0.3 is 0 Å². The predicted octanol–water partition coefficient (Wildman–Crippen LogP) is 3.48. The second-order valence-corrected chi connectivity index (χ2v) is 8.11. The zero-order valence-corrected chi connectivity index (χ0v) is 13.9. The fourth-order valence-electron chi connectivity index (χ4n) is 4.92. The molecule has 1 N–H and O–H groups in total. The number of halogens is 1. The van der Waals surface area contributed by atoms with E-state index in [0.29, 0.717) is 5.41 Å². The van der Waals surface area contributed by atoms with Crippen LogP contribution in [-0.4, -0.2) is 22.4 Å². The lowest BCUT2D eigenvalue weighted by Gasteiger charge is -2.38. The zero-order chi connectivity index (χ0) is 14.6. The van der Waals surface area contributed by atoms with Crippen molar-refractivity contribution < 1.29 is 0 Å². The van der Waals surface area contributed by atoms with E-state index in [4.69, 9.17) is 11.6 Å². The Morgan fingerprint density at radius 2 is 2.14 bits per heavy atom. The highest BCUT2D eigenvalue weighted by molar-refractivity contribution is 6.30. The Morgan fingerprint density at radius 1 is 1.33 bits per heavy atom. The van der Waals surface area contributed by atoms with E-state index in [2.05, 4.69) is 17.3 Å². The summed E-state index contributed by atoms with van der Waals surface area (Å²) in [5.74, 6) is 1.86. The van der Waals surface area contributed by atoms with Gasteiger partial charge in [0.15, 0.2) is 0 Å². The maximum Gasteiger partial charge on any atom is 0.130 e. The molecule has 21 heavy (non-hydrogen) atoms. The zero-order valence-electron chi connectivity index (χ0n) is 13.2. The molecule has 3 aliphatic carbocycles. The fourth-order valence-corrected chi connectivity index (χ4v) is 5.16. The van der Waals surface area contributed by atoms with E-state index in [9.17, 15) is 0 Å². The number of fused-ring (bicyclic) bond motifs is 2. The van der Waals surface area contributed by atoms with Gasteiger partial charge in [0, 0.05) is 25.2 Å². The SMILES string of the molecule is Cc1nn(C)c(Cl)c1CC1(CNC2CC2)CC2CCC1C2. The summed E-state index contributed by atoms with van der Waals surface area (Å²) in [4.78, 5) is 0. The van der Waals surface area contributed by atoms with Gasteiger partial charge in [0.05, 0.1) is 5.69 Å². The molecular weight excluding hydrogens is 282 g/mol. The van der Waals surface area contributed by atoms with E-state index in [1.54, 1.807) is 0 Å². The standard InChI is InChI=1S/C17H26ClN3/c1-11-15(16(18)21(2)20-11)9-17(10-19-14-5-6-14)8-12-3-4-13(17)7-12/h12-14,19H,3-10H2,1-2H3. The minimum absolute atomic E-state index is 0.433. The molecule has 0 aromatic carbocycles. The van der Waals surface area contributed by atoms with Crippen molar-refractivity contribution in [3.63, 3.8) is 0 Å². The van der Waals surface area contributed by atoms with Crippen molar-refractivity contribution >= 4 is 11.6 Å². The molecule has 1 aromatic heterocycles. The minimum Gasteiger partial charge on any atom is -0.313 e. The maximum atomic E-state index is 6.51. The Hall–Kier alpha value is -0.540. The number of hydrogen-bond acceptors (Lipinski definition) is 2. The topological polar surface area (TPSA) is 29.9 Å². The van der Waals surface area contributed by atoms with Gasteiger partial charge in [-0.05, 0) is 62.7 Å². The first-order valence-electron chi connectivity index (χ1n) is 8.49. The highest BCUT2D eigenvalue weighted by atomic mass is 35.5. The number of aryl methyl sites for hydroxylation is 2. The molecule has 3 nitrogen and oxygen atoms in total. The smallest absolute Gasteiger partial charge is 0.130 e. The molecule has 0 aliphatic heterocycles. The maximum absolute atomic E-state index is 6.51. The number of nitrogens with one attached hydrogen (secondary N) is 1. The van der Waals surface area contributed by atoms with Crippen molar-refractivity contribution in [2.45, 2.75) is 57.9 Å². The molecule has 3 atom stereocenters. The van der Waals surface area contributed by atoms with Crippen LogP contribution in [0.5, 0.6) is 0 Å². The molecule has 1 heterocycles. The summed E-state index contributed by atoms with van der Waals surface area (Å²) in [5, 5.41) is 9.19. The summed E-state index contributed by atoms with van der Waals surface area (Å²) in [6, 6.07) is 0.798. The number of nitrogens with zero attached hydrogens (tertiary/aromatic N) is 2. The van der Waals surface area contributed by atoms with Crippen LogP contribution < -0.4 is 5.32 Å². The van der Waals surface area contributed by atoms with Crippen molar-refractivity contribution in [1.82, 2.24) is 15.1 Å². The van der Waals surface area contributed by atoms with E-state index < -0.39 is 0 Å². The Kier molecular flexibility index (Phi) is 3.34. The van der Waals surface area contributed by atoms with Gasteiger partial charge in [-0.2, -0.15) is 5.10 Å². The first kappa shape index (κ1) is 14.1. The molecule has 3 unspecified atom stereocenters. The molecule has 116 valence electrons. The van der Waals surface area contributed by atoms with Crippen LogP contribution in [0.3, 0.4) is 0 Å². The molecule has 4 rings (SSSR count). The molecule has 0 radical (unpaired) electrons. The number of rotatable bonds is 5. The Balaban J connectivity index is 1.60. The van der Waals surface area contributed by atoms with Crippen molar-refractivity contribution in [3.8, 4) is 0 Å². The molecule has 3 saturated carbocycles. The fraction of sp³-hybridized carbons (Fsp3) is 0.824. The molecule has 0 saturated heterocycles. The molecule has 4 heteroatoms. The van der Waals surface area contributed by atoms with Crippen molar-refractivity contribution in [2.75, 3.05) is 6.54 Å². The first-order chi connectivity index (χ1) is 10.1. The molecule has 2 bridgehead atoms. The molecule has 1 aromatic rings. The Morgan fingerprint density at radius 3 is 2.67 bits per heavy atom. The lowest BCUT2D eigenvalue weighted by Crippen LogP contribution is -2.41. The van der Waals surface area contributed by atoms with Gasteiger partial charge in [0.2, 0.25) is 0 Å². The van der Waals surface area contributed by atoms with Crippen LogP contribution in [0, 0.1) is 24.2 Å². The van der Waals surface area contributed by atoms with Crippen LogP contribution in [0.15, 0.2) is 0 Å². The first-order valence-corrected chi connectivity index (χ1v) is 8.86. The number of hydrogen-bond donors (Lipinski definition) is 1. The van der Waals surface area contributed by atoms with Gasteiger partial charge in [0.25, 0.3) is 0 Å². The second-order valence-electron chi connectivity index (χ2n) is 7.75. The van der Waals surface area contributed by atoms with Crippen LogP contribution in [0.4, 0.5) is 0 Å². The quantitative estimate of drug-likeness (QED) is 0.902. The summed E-state index contributed by atoms with van der Waals surface area (Å²) < 4.78 is 1.83. The second kappa shape index (κ2) is 4.99. The van der Waals surface area contributed by atoms with Gasteiger partial charge in [-0.25, -0.2) is 0 Å². The van der Waals surface area contributed by atoms with Gasteiger partial charge < -0.3 is 5.32 Å². The lowest BCUT2D eigenvalue weighted by molar-refractivity contribution is 0.155. The Labute approximate surface area is 132 Å². The van der Waals surface area contributed by atoms with E-state index in [1.807, 2.05) is 11.7 Å². The third-order valence-electron chi connectivity index (χ3n) is 6.22. The third kappa shape index (κ3) is 2.43. The highest BCUT2D eigenvalue weighted by Gasteiger charge is 2.51. The monoisotopic (exact) mass is 307 g/mol. The molecular formula is C17H26ClN3. The van der Waals surface area contributed by atoms with Crippen LogP contribution in [-0.2, 0) is 13.5 Å². The minimum atomic E-state index is 0.433. The predicted molar refractivity (Wildman–Crippen MR) is 85.6 cm³/mol. The summed E-state index contributed by atoms with van der Waals surface area (Å²) >= 11 is 6.51. The van der Waals surface area contributed by atoms with Gasteiger partial charge in [-0.3, -0.25) is 4.68 Å². The Bertz CT molecular complexity index is 548. The summed E-state index contributed by atoms with van der Waals surface area (Å²) in [5.41, 5.74) is 2.85. The summed E-state index contributed by atoms with van der Waals surface area (Å²) in [7, 11) is 1.95. The highest BCUT2D eigenvalue weighted by Crippen LogP contribution is 2.57. The van der Waals surface area contributed by atoms with Crippen LogP contribution in [0.25, 0.3) is 0 Å². The number of aromatic nitrogens is 2. The van der Waals surface area contributed by atoms with E-state index >= 15 is 0 Å². The van der Waals surface area contributed by atoms with Gasteiger partial charge in [-0.15, -0.1) is 0 Å². The summed E-state index contributed by atoms with van der Waals surface area (Å²) in [6.45, 7) is 3.29. The lowest BCUT2D eigenvalue weighted by atomic mass is 9.69. The van der Waals surface area contributed by atoms with Crippen LogP contribution in [0.2, 0.25) is 5.15 Å². The molecule has 3 aliphatic rings. The normalized spacial score (nSPS) is 34.8. The average molecular weight is 308 g/mol. The van der Waals surface area contributed by atoms with Crippen molar-refractivity contribution in [2.24, 2.45) is 24.3 Å². The van der Waals surface area contributed by atoms with E-state index in [1.165, 1.54) is 50.6 Å². The molecule has 3 fully saturated rings. The van der Waals surface area contributed by atoms with E-state index in [-0.39, 0.29) is 0 Å². The molecule has 0 spiro atoms. The van der Waals surface area contributed by atoms with Crippen molar-refractivity contribution in [3.05, 3.63) is 16.4 Å². The summed E-state index contributed by atoms with van der Waals surface area (Å²) in [6.07, 6.45) is 9.58.